The highest BCUT2D eigenvalue weighted by Crippen LogP contribution is 2.20. The number of hydrogen-bond donors (Lipinski definition) is 0. The third kappa shape index (κ3) is 5.12. The van der Waals surface area contributed by atoms with Crippen molar-refractivity contribution < 1.29 is 27.2 Å². The molecular weight excluding hydrogens is 446 g/mol. The van der Waals surface area contributed by atoms with E-state index in [4.69, 9.17) is 9.15 Å². The van der Waals surface area contributed by atoms with Crippen molar-refractivity contribution in [2.75, 3.05) is 26.2 Å². The van der Waals surface area contributed by atoms with Gasteiger partial charge in [-0.2, -0.15) is 4.31 Å². The minimum Gasteiger partial charge on any atom is -0.455 e. The van der Waals surface area contributed by atoms with Crippen LogP contribution in [0.15, 0.2) is 70.2 Å². The lowest BCUT2D eigenvalue weighted by Gasteiger charge is -2.33. The fourth-order valence-electron chi connectivity index (χ4n) is 3.46. The molecule has 0 spiro atoms. The Kier molecular flexibility index (Phi) is 6.57. The van der Waals surface area contributed by atoms with Crippen LogP contribution in [0.5, 0.6) is 0 Å². The van der Waals surface area contributed by atoms with Gasteiger partial charge in [-0.25, -0.2) is 18.2 Å². The molecule has 10 heteroatoms. The van der Waals surface area contributed by atoms with Gasteiger partial charge in [0.05, 0.1) is 10.5 Å². The fraction of sp³-hybridized carbons (Fsp3) is 0.261. The van der Waals surface area contributed by atoms with Crippen LogP contribution in [0.25, 0.3) is 11.5 Å². The van der Waals surface area contributed by atoms with Crippen molar-refractivity contribution in [1.29, 1.82) is 0 Å². The molecule has 9 nitrogen and oxygen atoms in total. The van der Waals surface area contributed by atoms with Crippen LogP contribution in [0.1, 0.15) is 23.0 Å². The van der Waals surface area contributed by atoms with Gasteiger partial charge in [0, 0.05) is 38.7 Å². The number of carbonyl (C=O) groups excluding carboxylic acids is 2. The van der Waals surface area contributed by atoms with Crippen LogP contribution in [0.4, 0.5) is 0 Å². The lowest BCUT2D eigenvalue weighted by Crippen LogP contribution is -2.49. The van der Waals surface area contributed by atoms with Crippen LogP contribution in [0.2, 0.25) is 0 Å². The number of amides is 1. The molecule has 1 amide bonds. The molecule has 0 unspecified atom stereocenters. The molecule has 33 heavy (non-hydrogen) atoms. The Balaban J connectivity index is 1.35. The van der Waals surface area contributed by atoms with Crippen LogP contribution in [0, 0.1) is 0 Å². The summed E-state index contributed by atoms with van der Waals surface area (Å²) < 4.78 is 37.8. The van der Waals surface area contributed by atoms with Crippen molar-refractivity contribution in [2.24, 2.45) is 0 Å². The van der Waals surface area contributed by atoms with Gasteiger partial charge < -0.3 is 14.1 Å². The average Bonchev–Trinajstić information content (AvgIpc) is 3.32. The van der Waals surface area contributed by atoms with Crippen molar-refractivity contribution >= 4 is 21.9 Å². The number of nitrogens with zero attached hydrogens (tertiary/aromatic N) is 3. The van der Waals surface area contributed by atoms with E-state index in [2.05, 4.69) is 4.98 Å². The molecule has 4 rings (SSSR count). The number of aromatic nitrogens is 1. The summed E-state index contributed by atoms with van der Waals surface area (Å²) in [5.41, 5.74) is 1.50. The van der Waals surface area contributed by atoms with Gasteiger partial charge in [0.25, 0.3) is 0 Å². The van der Waals surface area contributed by atoms with Crippen molar-refractivity contribution in [3.05, 3.63) is 72.1 Å². The third-order valence-electron chi connectivity index (χ3n) is 5.34. The molecule has 0 bridgehead atoms. The number of ether oxygens (including phenoxy) is 1. The van der Waals surface area contributed by atoms with Crippen molar-refractivity contribution in [2.45, 2.75) is 18.4 Å². The van der Waals surface area contributed by atoms with Crippen molar-refractivity contribution in [1.82, 2.24) is 14.2 Å². The SMILES string of the molecule is CC(=O)N1CCN(S(=O)(=O)c2ccc(C(=O)OCc3coc(-c4ccccc4)n3)cc2)CC1. The first kappa shape index (κ1) is 22.7. The smallest absolute Gasteiger partial charge is 0.338 e. The Labute approximate surface area is 191 Å². The highest BCUT2D eigenvalue weighted by atomic mass is 32.2. The van der Waals surface area contributed by atoms with Gasteiger partial charge in [-0.3, -0.25) is 4.79 Å². The molecule has 0 radical (unpaired) electrons. The topological polar surface area (TPSA) is 110 Å². The lowest BCUT2D eigenvalue weighted by molar-refractivity contribution is -0.129. The second-order valence-electron chi connectivity index (χ2n) is 7.52. The number of benzene rings is 2. The number of piperazine rings is 1. The summed E-state index contributed by atoms with van der Waals surface area (Å²) in [5, 5.41) is 0. The van der Waals surface area contributed by atoms with E-state index in [1.807, 2.05) is 30.3 Å². The van der Waals surface area contributed by atoms with Crippen LogP contribution in [-0.2, 0) is 26.2 Å². The van der Waals surface area contributed by atoms with Crippen molar-refractivity contribution in [3.63, 3.8) is 0 Å². The Morgan fingerprint density at radius 1 is 1.00 bits per heavy atom. The Morgan fingerprint density at radius 3 is 2.30 bits per heavy atom. The lowest BCUT2D eigenvalue weighted by atomic mass is 10.2. The zero-order chi connectivity index (χ0) is 23.4. The van der Waals surface area contributed by atoms with Crippen LogP contribution < -0.4 is 0 Å². The monoisotopic (exact) mass is 469 g/mol. The summed E-state index contributed by atoms with van der Waals surface area (Å²) in [6.07, 6.45) is 1.43. The number of rotatable bonds is 6. The quantitative estimate of drug-likeness (QED) is 0.510. The molecule has 2 aromatic carbocycles. The molecule has 172 valence electrons. The predicted molar refractivity (Wildman–Crippen MR) is 119 cm³/mol. The molecule has 1 aromatic heterocycles. The Morgan fingerprint density at radius 2 is 1.67 bits per heavy atom. The molecule has 0 aliphatic carbocycles. The molecule has 3 aromatic rings. The fourth-order valence-corrected chi connectivity index (χ4v) is 4.89. The van der Waals surface area contributed by atoms with Gasteiger partial charge >= 0.3 is 5.97 Å². The van der Waals surface area contributed by atoms with E-state index in [0.29, 0.717) is 24.7 Å². The second-order valence-corrected chi connectivity index (χ2v) is 9.46. The van der Waals surface area contributed by atoms with Crippen molar-refractivity contribution in [3.8, 4) is 11.5 Å². The van der Waals surface area contributed by atoms with Gasteiger partial charge in [-0.1, -0.05) is 18.2 Å². The van der Waals surface area contributed by atoms with Gasteiger partial charge in [0.1, 0.15) is 18.6 Å². The van der Waals surface area contributed by atoms with E-state index in [1.165, 1.54) is 41.8 Å². The summed E-state index contributed by atoms with van der Waals surface area (Å²) >= 11 is 0. The maximum absolute atomic E-state index is 12.9. The van der Waals surface area contributed by atoms with Gasteiger partial charge in [0.2, 0.25) is 21.8 Å². The number of sulfonamides is 1. The van der Waals surface area contributed by atoms with E-state index in [0.717, 1.165) is 5.56 Å². The normalized spacial score (nSPS) is 14.8. The highest BCUT2D eigenvalue weighted by Gasteiger charge is 2.29. The van der Waals surface area contributed by atoms with E-state index >= 15 is 0 Å². The zero-order valence-electron chi connectivity index (χ0n) is 18.0. The Hall–Kier alpha value is -3.50. The molecule has 1 fully saturated rings. The summed E-state index contributed by atoms with van der Waals surface area (Å²) in [6.45, 7) is 2.56. The molecule has 1 aliphatic heterocycles. The summed E-state index contributed by atoms with van der Waals surface area (Å²) in [6, 6.07) is 14.9. The van der Waals surface area contributed by atoms with E-state index < -0.39 is 16.0 Å². The molecule has 1 saturated heterocycles. The van der Waals surface area contributed by atoms with Crippen LogP contribution >= 0.6 is 0 Å². The van der Waals surface area contributed by atoms with Gasteiger partial charge in [-0.05, 0) is 36.4 Å². The molecule has 0 atom stereocenters. The molecular formula is C23H23N3O6S. The van der Waals surface area contributed by atoms with Crippen LogP contribution in [0.3, 0.4) is 0 Å². The predicted octanol–water partition coefficient (Wildman–Crippen LogP) is 2.55. The van der Waals surface area contributed by atoms with E-state index in [9.17, 15) is 18.0 Å². The number of hydrogen-bond acceptors (Lipinski definition) is 7. The summed E-state index contributed by atoms with van der Waals surface area (Å²) in [4.78, 5) is 29.8. The first-order chi connectivity index (χ1) is 15.8. The third-order valence-corrected chi connectivity index (χ3v) is 7.25. The molecule has 2 heterocycles. The highest BCUT2D eigenvalue weighted by molar-refractivity contribution is 7.89. The molecule has 1 aliphatic rings. The largest absolute Gasteiger partial charge is 0.455 e. The minimum absolute atomic E-state index is 0.0724. The van der Waals surface area contributed by atoms with Gasteiger partial charge in [0.15, 0.2) is 0 Å². The first-order valence-corrected chi connectivity index (χ1v) is 11.8. The van der Waals surface area contributed by atoms with E-state index in [-0.39, 0.29) is 36.1 Å². The number of oxazole rings is 1. The second kappa shape index (κ2) is 9.55. The van der Waals surface area contributed by atoms with E-state index in [1.54, 1.807) is 4.90 Å². The standard InChI is InChI=1S/C23H23N3O6S/c1-17(27)25-11-13-26(14-12-25)33(29,30)21-9-7-19(8-10-21)23(28)32-16-20-15-31-22(24-20)18-5-3-2-4-6-18/h2-10,15H,11-14,16H2,1H3. The summed E-state index contributed by atoms with van der Waals surface area (Å²) in [7, 11) is -3.71. The maximum Gasteiger partial charge on any atom is 0.338 e. The number of carbonyl (C=O) groups is 2. The number of esters is 1. The molecule has 0 N–H and O–H groups in total. The minimum atomic E-state index is -3.71. The molecule has 0 saturated carbocycles. The zero-order valence-corrected chi connectivity index (χ0v) is 18.8. The maximum atomic E-state index is 12.9. The van der Waals surface area contributed by atoms with Crippen LogP contribution in [-0.4, -0.2) is 60.7 Å². The summed E-state index contributed by atoms with van der Waals surface area (Å²) in [5.74, 6) is -0.240. The Bertz CT molecular complexity index is 1230. The van der Waals surface area contributed by atoms with Gasteiger partial charge in [-0.15, -0.1) is 0 Å². The average molecular weight is 470 g/mol. The first-order valence-electron chi connectivity index (χ1n) is 10.4.